The Balaban J connectivity index is 1.99. The predicted molar refractivity (Wildman–Crippen MR) is 58.4 cm³/mol. The molecule has 0 atom stereocenters. The molecule has 0 aromatic carbocycles. The highest BCUT2D eigenvalue weighted by Gasteiger charge is 2.47. The summed E-state index contributed by atoms with van der Waals surface area (Å²) in [6.07, 6.45) is 3.68. The summed E-state index contributed by atoms with van der Waals surface area (Å²) in [5, 5.41) is 11.1. The van der Waals surface area contributed by atoms with Gasteiger partial charge in [-0.3, -0.25) is 0 Å². The molecule has 4 heteroatoms. The lowest BCUT2D eigenvalue weighted by molar-refractivity contribution is 0.822. The van der Waals surface area contributed by atoms with Crippen LogP contribution in [0.5, 0.6) is 0 Å². The fourth-order valence-corrected chi connectivity index (χ4v) is 2.34. The molecule has 74 valence electrons. The van der Waals surface area contributed by atoms with Gasteiger partial charge >= 0.3 is 0 Å². The third-order valence-electron chi connectivity index (χ3n) is 2.78. The van der Waals surface area contributed by atoms with Gasteiger partial charge in [-0.15, -0.1) is 11.3 Å². The average Bonchev–Trinajstić information content (AvgIpc) is 2.74. The smallest absolute Gasteiger partial charge is 0.127 e. The molecule has 0 bridgehead atoms. The number of aromatic nitrogens is 2. The van der Waals surface area contributed by atoms with Crippen LogP contribution in [0.2, 0.25) is 0 Å². The molecule has 0 saturated heterocycles. The minimum atomic E-state index is -0.310. The van der Waals surface area contributed by atoms with Crippen LogP contribution in [0.1, 0.15) is 18.7 Å². The number of hydrogen-bond donors (Lipinski definition) is 1. The molecular formula is C11H9N3S. The van der Waals surface area contributed by atoms with Gasteiger partial charge in [0.15, 0.2) is 0 Å². The lowest BCUT2D eigenvalue weighted by Crippen LogP contribution is -2.04. The molecule has 0 spiro atoms. The quantitative estimate of drug-likeness (QED) is 0.837. The van der Waals surface area contributed by atoms with Crippen molar-refractivity contribution < 1.29 is 0 Å². The van der Waals surface area contributed by atoms with E-state index < -0.39 is 0 Å². The second-order valence-corrected chi connectivity index (χ2v) is 4.76. The summed E-state index contributed by atoms with van der Waals surface area (Å²) in [5.74, 6) is 0.827. The van der Waals surface area contributed by atoms with Crippen molar-refractivity contribution in [3.8, 4) is 16.6 Å². The molecule has 2 heterocycles. The molecule has 3 nitrogen and oxygen atoms in total. The van der Waals surface area contributed by atoms with E-state index in [0.717, 1.165) is 24.4 Å². The van der Waals surface area contributed by atoms with Crippen molar-refractivity contribution in [3.63, 3.8) is 0 Å². The first-order chi connectivity index (χ1) is 7.34. The van der Waals surface area contributed by atoms with Gasteiger partial charge in [0.2, 0.25) is 0 Å². The summed E-state index contributed by atoms with van der Waals surface area (Å²) in [6.45, 7) is 0. The van der Waals surface area contributed by atoms with Crippen molar-refractivity contribution >= 4 is 11.3 Å². The summed E-state index contributed by atoms with van der Waals surface area (Å²) in [6, 6.07) is 6.40. The Labute approximate surface area is 91.4 Å². The third kappa shape index (κ3) is 1.28. The second-order valence-electron chi connectivity index (χ2n) is 3.82. The molecule has 15 heavy (non-hydrogen) atoms. The van der Waals surface area contributed by atoms with E-state index in [0.29, 0.717) is 0 Å². The highest BCUT2D eigenvalue weighted by Crippen LogP contribution is 2.46. The average molecular weight is 215 g/mol. The fourth-order valence-electron chi connectivity index (χ4n) is 1.65. The highest BCUT2D eigenvalue weighted by molar-refractivity contribution is 7.13. The summed E-state index contributed by atoms with van der Waals surface area (Å²) < 4.78 is 0. The third-order valence-corrected chi connectivity index (χ3v) is 3.68. The van der Waals surface area contributed by atoms with E-state index in [4.69, 9.17) is 5.26 Å². The van der Waals surface area contributed by atoms with Crippen LogP contribution in [0, 0.1) is 11.3 Å². The largest absolute Gasteiger partial charge is 0.340 e. The molecule has 2 aromatic rings. The summed E-state index contributed by atoms with van der Waals surface area (Å²) in [5.41, 5.74) is 0.705. The van der Waals surface area contributed by atoms with Crippen LogP contribution in [0.25, 0.3) is 10.6 Å². The minimum absolute atomic E-state index is 0.310. The number of imidazole rings is 1. The van der Waals surface area contributed by atoms with Gasteiger partial charge in [-0.05, 0) is 24.3 Å². The molecule has 2 aromatic heterocycles. The van der Waals surface area contributed by atoms with Crippen molar-refractivity contribution in [1.82, 2.24) is 9.97 Å². The molecule has 1 N–H and O–H groups in total. The van der Waals surface area contributed by atoms with Crippen molar-refractivity contribution in [1.29, 1.82) is 5.26 Å². The number of nitrogens with one attached hydrogen (secondary N) is 1. The Morgan fingerprint density at radius 1 is 1.53 bits per heavy atom. The zero-order chi connectivity index (χ0) is 10.3. The van der Waals surface area contributed by atoms with Crippen LogP contribution in [0.4, 0.5) is 0 Å². The Hall–Kier alpha value is -1.60. The number of H-pyrrole nitrogens is 1. The maximum absolute atomic E-state index is 9.04. The summed E-state index contributed by atoms with van der Waals surface area (Å²) in [4.78, 5) is 8.72. The van der Waals surface area contributed by atoms with Crippen LogP contribution < -0.4 is 0 Å². The first kappa shape index (κ1) is 8.69. The van der Waals surface area contributed by atoms with E-state index >= 15 is 0 Å². The van der Waals surface area contributed by atoms with Crippen LogP contribution in [-0.4, -0.2) is 9.97 Å². The van der Waals surface area contributed by atoms with E-state index in [1.807, 2.05) is 23.7 Å². The van der Waals surface area contributed by atoms with Gasteiger partial charge in [0, 0.05) is 0 Å². The summed E-state index contributed by atoms with van der Waals surface area (Å²) >= 11 is 1.67. The zero-order valence-electron chi connectivity index (χ0n) is 8.03. The SMILES string of the molecule is N#CC1(c2ncc(-c3cccs3)[nH]2)CC1. The molecule has 1 fully saturated rings. The van der Waals surface area contributed by atoms with Crippen molar-refractivity contribution in [2.45, 2.75) is 18.3 Å². The maximum atomic E-state index is 9.04. The van der Waals surface area contributed by atoms with Crippen LogP contribution in [0.15, 0.2) is 23.7 Å². The molecule has 1 aliphatic rings. The lowest BCUT2D eigenvalue weighted by atomic mass is 10.1. The molecule has 3 rings (SSSR count). The Morgan fingerprint density at radius 3 is 3.00 bits per heavy atom. The van der Waals surface area contributed by atoms with Crippen LogP contribution >= 0.6 is 11.3 Å². The normalized spacial score (nSPS) is 17.3. The fraction of sp³-hybridized carbons (Fsp3) is 0.273. The van der Waals surface area contributed by atoms with Crippen molar-refractivity contribution in [3.05, 3.63) is 29.5 Å². The van der Waals surface area contributed by atoms with Crippen LogP contribution in [-0.2, 0) is 5.41 Å². The molecule has 0 radical (unpaired) electrons. The van der Waals surface area contributed by atoms with Crippen LogP contribution in [0.3, 0.4) is 0 Å². The standard InChI is InChI=1S/C11H9N3S/c12-7-11(3-4-11)10-13-6-8(14-10)9-2-1-5-15-9/h1-2,5-6H,3-4H2,(H,13,14). The number of thiophene rings is 1. The molecule has 0 aliphatic heterocycles. The van der Waals surface area contributed by atoms with Crippen molar-refractivity contribution in [2.75, 3.05) is 0 Å². The van der Waals surface area contributed by atoms with Gasteiger partial charge in [-0.1, -0.05) is 6.07 Å². The molecule has 1 saturated carbocycles. The Bertz CT molecular complexity index is 514. The minimum Gasteiger partial charge on any atom is -0.340 e. The predicted octanol–water partition coefficient (Wildman–Crippen LogP) is 2.69. The first-order valence-corrected chi connectivity index (χ1v) is 5.73. The molecular weight excluding hydrogens is 206 g/mol. The topological polar surface area (TPSA) is 52.5 Å². The monoisotopic (exact) mass is 215 g/mol. The highest BCUT2D eigenvalue weighted by atomic mass is 32.1. The first-order valence-electron chi connectivity index (χ1n) is 4.85. The Morgan fingerprint density at radius 2 is 2.40 bits per heavy atom. The number of hydrogen-bond acceptors (Lipinski definition) is 3. The number of rotatable bonds is 2. The molecule has 1 aliphatic carbocycles. The van der Waals surface area contributed by atoms with E-state index in [9.17, 15) is 0 Å². The van der Waals surface area contributed by atoms with Gasteiger partial charge in [0.05, 0.1) is 22.8 Å². The van der Waals surface area contributed by atoms with Crippen molar-refractivity contribution in [2.24, 2.45) is 0 Å². The van der Waals surface area contributed by atoms with E-state index in [1.54, 1.807) is 11.3 Å². The van der Waals surface area contributed by atoms with Gasteiger partial charge in [-0.25, -0.2) is 4.98 Å². The summed E-state index contributed by atoms with van der Waals surface area (Å²) in [7, 11) is 0. The van der Waals surface area contributed by atoms with Gasteiger partial charge in [-0.2, -0.15) is 5.26 Å². The lowest BCUT2D eigenvalue weighted by Gasteiger charge is -1.98. The maximum Gasteiger partial charge on any atom is 0.127 e. The second kappa shape index (κ2) is 2.94. The molecule has 0 amide bonds. The van der Waals surface area contributed by atoms with Gasteiger partial charge in [0.1, 0.15) is 11.2 Å². The van der Waals surface area contributed by atoms with Gasteiger partial charge < -0.3 is 4.98 Å². The number of aromatic amines is 1. The van der Waals surface area contributed by atoms with E-state index in [-0.39, 0.29) is 5.41 Å². The van der Waals surface area contributed by atoms with E-state index in [1.165, 1.54) is 4.88 Å². The van der Waals surface area contributed by atoms with E-state index in [2.05, 4.69) is 16.0 Å². The number of nitriles is 1. The van der Waals surface area contributed by atoms with Gasteiger partial charge in [0.25, 0.3) is 0 Å². The zero-order valence-corrected chi connectivity index (χ0v) is 8.84. The Kier molecular flexibility index (Phi) is 1.70. The molecule has 0 unspecified atom stereocenters. The number of nitrogens with zero attached hydrogens (tertiary/aromatic N) is 2.